The number of aromatic carboxylic acids is 1. The van der Waals surface area contributed by atoms with Crippen LogP contribution in [0, 0.1) is 6.92 Å². The van der Waals surface area contributed by atoms with Crippen molar-refractivity contribution in [3.63, 3.8) is 0 Å². The number of ether oxygens (including phenoxy) is 1. The Hall–Kier alpha value is -3.55. The Morgan fingerprint density at radius 1 is 1.09 bits per heavy atom. The van der Waals surface area contributed by atoms with Crippen molar-refractivity contribution in [3.8, 4) is 0 Å². The minimum atomic E-state index is -0.919. The van der Waals surface area contributed by atoms with Crippen molar-refractivity contribution in [1.82, 2.24) is 14.5 Å². The summed E-state index contributed by atoms with van der Waals surface area (Å²) in [4.78, 5) is 32.8. The summed E-state index contributed by atoms with van der Waals surface area (Å²) in [6, 6.07) is 11.6. The normalized spacial score (nSPS) is 15.4. The van der Waals surface area contributed by atoms with Gasteiger partial charge in [-0.3, -0.25) is 0 Å². The minimum Gasteiger partial charge on any atom is -0.478 e. The molecule has 4 rings (SSSR count). The molecule has 1 aliphatic rings. The van der Waals surface area contributed by atoms with Gasteiger partial charge in [-0.25, -0.2) is 14.6 Å². The molecule has 8 nitrogen and oxygen atoms in total. The second-order valence-electron chi connectivity index (χ2n) is 9.73. The van der Waals surface area contributed by atoms with Crippen LogP contribution in [0.3, 0.4) is 0 Å². The van der Waals surface area contributed by atoms with E-state index in [1.165, 1.54) is 0 Å². The number of anilines is 1. The Morgan fingerprint density at radius 2 is 1.76 bits per heavy atom. The topological polar surface area (TPSA) is 87.9 Å². The third kappa shape index (κ3) is 4.58. The van der Waals surface area contributed by atoms with Crippen molar-refractivity contribution in [2.75, 3.05) is 31.1 Å². The highest BCUT2D eigenvalue weighted by molar-refractivity contribution is 6.05. The fourth-order valence-electron chi connectivity index (χ4n) is 4.62. The molecule has 1 aliphatic heterocycles. The summed E-state index contributed by atoms with van der Waals surface area (Å²) < 4.78 is 7.57. The van der Waals surface area contributed by atoms with Crippen molar-refractivity contribution in [1.29, 1.82) is 0 Å². The highest BCUT2D eigenvalue weighted by Gasteiger charge is 2.27. The fourth-order valence-corrected chi connectivity index (χ4v) is 4.62. The number of para-hydroxylation sites is 1. The number of amides is 1. The second kappa shape index (κ2) is 9.00. The van der Waals surface area contributed by atoms with Crippen LogP contribution < -0.4 is 4.90 Å². The van der Waals surface area contributed by atoms with Crippen LogP contribution in [-0.2, 0) is 4.74 Å². The molecule has 0 bridgehead atoms. The first kappa shape index (κ1) is 23.6. The van der Waals surface area contributed by atoms with E-state index in [9.17, 15) is 14.7 Å². The van der Waals surface area contributed by atoms with Gasteiger partial charge in [-0.05, 0) is 58.4 Å². The molecule has 1 saturated heterocycles. The smallest absolute Gasteiger partial charge is 0.410 e. The molecule has 1 N–H and O–H groups in total. The molecular formula is C26H32N4O4. The zero-order chi connectivity index (χ0) is 24.6. The van der Waals surface area contributed by atoms with E-state index in [0.717, 1.165) is 28.0 Å². The Bertz CT molecular complexity index is 1220. The molecule has 3 aromatic rings. The van der Waals surface area contributed by atoms with E-state index in [2.05, 4.69) is 27.4 Å². The lowest BCUT2D eigenvalue weighted by atomic mass is 10.1. The first-order chi connectivity index (χ1) is 16.1. The third-order valence-electron chi connectivity index (χ3n) is 6.26. The van der Waals surface area contributed by atoms with Crippen molar-refractivity contribution in [2.24, 2.45) is 0 Å². The largest absolute Gasteiger partial charge is 0.478 e. The zero-order valence-corrected chi connectivity index (χ0v) is 20.4. The summed E-state index contributed by atoms with van der Waals surface area (Å²) in [5.74, 6) is -0.0707. The van der Waals surface area contributed by atoms with Crippen molar-refractivity contribution in [3.05, 3.63) is 59.4 Å². The maximum atomic E-state index is 12.4. The number of nitrogens with zero attached hydrogens (tertiary/aromatic N) is 4. The standard InChI is InChI=1S/C26H32N4O4/c1-17(30-18(2)23(24(31)32)20-8-6-7-9-21(20)30)19-10-11-27-22(16-19)28-12-14-29(15-13-28)25(33)34-26(3,4)5/h6-11,16-17H,12-15H2,1-5H3,(H,31,32). The average molecular weight is 465 g/mol. The molecule has 8 heteroatoms. The molecule has 1 aromatic carbocycles. The van der Waals surface area contributed by atoms with Gasteiger partial charge in [-0.2, -0.15) is 0 Å². The summed E-state index contributed by atoms with van der Waals surface area (Å²) >= 11 is 0. The molecule has 1 fully saturated rings. The Balaban J connectivity index is 1.56. The van der Waals surface area contributed by atoms with E-state index < -0.39 is 11.6 Å². The van der Waals surface area contributed by atoms with Gasteiger partial charge in [-0.15, -0.1) is 0 Å². The Kier molecular flexibility index (Phi) is 6.25. The summed E-state index contributed by atoms with van der Waals surface area (Å²) in [6.07, 6.45) is 1.51. The highest BCUT2D eigenvalue weighted by atomic mass is 16.6. The Morgan fingerprint density at radius 3 is 2.41 bits per heavy atom. The molecule has 0 aliphatic carbocycles. The van der Waals surface area contributed by atoms with E-state index in [1.807, 2.05) is 58.0 Å². The van der Waals surface area contributed by atoms with Gasteiger partial charge in [0.2, 0.25) is 0 Å². The number of carboxylic acids is 1. The van der Waals surface area contributed by atoms with E-state index in [0.29, 0.717) is 31.7 Å². The number of fused-ring (bicyclic) bond motifs is 1. The quantitative estimate of drug-likeness (QED) is 0.602. The number of pyridine rings is 1. The van der Waals surface area contributed by atoms with Crippen LogP contribution in [0.2, 0.25) is 0 Å². The van der Waals surface area contributed by atoms with Crippen LogP contribution in [0.4, 0.5) is 10.6 Å². The molecule has 1 unspecified atom stereocenters. The third-order valence-corrected chi connectivity index (χ3v) is 6.26. The summed E-state index contributed by atoms with van der Waals surface area (Å²) in [6.45, 7) is 12.0. The number of hydrogen-bond donors (Lipinski definition) is 1. The van der Waals surface area contributed by atoms with Crippen LogP contribution >= 0.6 is 0 Å². The summed E-state index contributed by atoms with van der Waals surface area (Å²) in [7, 11) is 0. The summed E-state index contributed by atoms with van der Waals surface area (Å²) in [5.41, 5.74) is 2.50. The second-order valence-corrected chi connectivity index (χ2v) is 9.73. The number of hydrogen-bond acceptors (Lipinski definition) is 5. The number of aromatic nitrogens is 2. The maximum absolute atomic E-state index is 12.4. The molecule has 34 heavy (non-hydrogen) atoms. The number of rotatable bonds is 4. The van der Waals surface area contributed by atoms with Crippen LogP contribution in [0.1, 0.15) is 55.4 Å². The van der Waals surface area contributed by atoms with E-state index in [1.54, 1.807) is 11.1 Å². The fraction of sp³-hybridized carbons (Fsp3) is 0.423. The van der Waals surface area contributed by atoms with Crippen LogP contribution in [0.25, 0.3) is 10.9 Å². The molecule has 1 atom stereocenters. The van der Waals surface area contributed by atoms with Gasteiger partial charge in [0.25, 0.3) is 0 Å². The first-order valence-corrected chi connectivity index (χ1v) is 11.6. The monoisotopic (exact) mass is 464 g/mol. The van der Waals surface area contributed by atoms with Gasteiger partial charge in [0.15, 0.2) is 0 Å². The van der Waals surface area contributed by atoms with Crippen LogP contribution in [0.5, 0.6) is 0 Å². The number of carbonyl (C=O) groups is 2. The van der Waals surface area contributed by atoms with E-state index >= 15 is 0 Å². The lowest BCUT2D eigenvalue weighted by Gasteiger charge is -2.36. The molecule has 0 radical (unpaired) electrons. The van der Waals surface area contributed by atoms with Gasteiger partial charge in [0.1, 0.15) is 11.4 Å². The molecule has 0 saturated carbocycles. The van der Waals surface area contributed by atoms with Crippen molar-refractivity contribution >= 4 is 28.8 Å². The van der Waals surface area contributed by atoms with E-state index in [-0.39, 0.29) is 12.1 Å². The first-order valence-electron chi connectivity index (χ1n) is 11.6. The molecular weight excluding hydrogens is 432 g/mol. The predicted octanol–water partition coefficient (Wildman–Crippen LogP) is 4.71. The number of carbonyl (C=O) groups excluding carboxylic acids is 1. The lowest BCUT2D eigenvalue weighted by Crippen LogP contribution is -2.50. The van der Waals surface area contributed by atoms with Crippen molar-refractivity contribution < 1.29 is 19.4 Å². The van der Waals surface area contributed by atoms with Gasteiger partial charge < -0.3 is 24.2 Å². The van der Waals surface area contributed by atoms with Crippen LogP contribution in [-0.4, -0.2) is 63.4 Å². The van der Waals surface area contributed by atoms with Gasteiger partial charge in [0.05, 0.1) is 11.6 Å². The average Bonchev–Trinajstić information content (AvgIpc) is 3.09. The number of piperazine rings is 1. The highest BCUT2D eigenvalue weighted by Crippen LogP contribution is 2.32. The zero-order valence-electron chi connectivity index (χ0n) is 20.4. The van der Waals surface area contributed by atoms with Crippen molar-refractivity contribution in [2.45, 2.75) is 46.3 Å². The molecule has 2 aromatic heterocycles. The maximum Gasteiger partial charge on any atom is 0.410 e. The van der Waals surface area contributed by atoms with Gasteiger partial charge >= 0.3 is 12.1 Å². The lowest BCUT2D eigenvalue weighted by molar-refractivity contribution is 0.0240. The SMILES string of the molecule is Cc1c(C(=O)O)c2ccccc2n1C(C)c1ccnc(N2CCN(C(=O)OC(C)(C)C)CC2)c1. The molecule has 3 heterocycles. The van der Waals surface area contributed by atoms with Gasteiger partial charge in [0, 0.05) is 49.0 Å². The van der Waals surface area contributed by atoms with Gasteiger partial charge in [-0.1, -0.05) is 18.2 Å². The Labute approximate surface area is 199 Å². The number of carboxylic acid groups (broad SMARTS) is 1. The van der Waals surface area contributed by atoms with E-state index in [4.69, 9.17) is 4.74 Å². The minimum absolute atomic E-state index is 0.0807. The molecule has 180 valence electrons. The number of benzene rings is 1. The summed E-state index contributed by atoms with van der Waals surface area (Å²) in [5, 5.41) is 10.5. The molecule has 1 amide bonds. The van der Waals surface area contributed by atoms with Crippen LogP contribution in [0.15, 0.2) is 42.6 Å². The predicted molar refractivity (Wildman–Crippen MR) is 132 cm³/mol. The molecule has 0 spiro atoms.